The second kappa shape index (κ2) is 5.60. The number of imide groups is 1. The number of carbonyl (C=O) groups excluding carboxylic acids is 2. The Bertz CT molecular complexity index is 1190. The maximum absolute atomic E-state index is 12.6. The average molecular weight is 354 g/mol. The molecule has 1 aliphatic rings. The number of carbonyl (C=O) groups is 2. The first-order valence-electron chi connectivity index (χ1n) is 8.52. The quantitative estimate of drug-likeness (QED) is 0.517. The lowest BCUT2D eigenvalue weighted by Crippen LogP contribution is -2.29. The lowest BCUT2D eigenvalue weighted by atomic mass is 10.1. The first-order valence-corrected chi connectivity index (χ1v) is 8.52. The molecule has 5 rings (SSSR count). The normalized spacial score (nSPS) is 13.4. The third-order valence-corrected chi connectivity index (χ3v) is 4.68. The zero-order valence-electron chi connectivity index (χ0n) is 14.5. The molecular formula is C21H14N4O2. The molecule has 6 heteroatoms. The number of aryl methyl sites for hydroxylation is 1. The van der Waals surface area contributed by atoms with Gasteiger partial charge in [0.05, 0.1) is 22.5 Å². The molecule has 2 aromatic carbocycles. The Labute approximate surface area is 154 Å². The molecule has 0 radical (unpaired) electrons. The van der Waals surface area contributed by atoms with Gasteiger partial charge in [0, 0.05) is 23.7 Å². The van der Waals surface area contributed by atoms with Gasteiger partial charge in [0.2, 0.25) is 5.78 Å². The minimum Gasteiger partial charge on any atom is -0.291 e. The number of nitrogens with zero attached hydrogens (tertiary/aromatic N) is 4. The summed E-state index contributed by atoms with van der Waals surface area (Å²) in [4.78, 5) is 35.3. The van der Waals surface area contributed by atoms with Gasteiger partial charge in [0.15, 0.2) is 0 Å². The van der Waals surface area contributed by atoms with Gasteiger partial charge in [-0.05, 0) is 37.3 Å². The van der Waals surface area contributed by atoms with E-state index >= 15 is 0 Å². The zero-order chi connectivity index (χ0) is 18.5. The van der Waals surface area contributed by atoms with Crippen molar-refractivity contribution in [2.45, 2.75) is 6.92 Å². The molecule has 0 saturated carbocycles. The van der Waals surface area contributed by atoms with Gasteiger partial charge in [0.1, 0.15) is 0 Å². The Morgan fingerprint density at radius 3 is 2.15 bits per heavy atom. The average Bonchev–Trinajstić information content (AvgIpc) is 3.21. The van der Waals surface area contributed by atoms with Crippen LogP contribution in [0.25, 0.3) is 17.0 Å². The van der Waals surface area contributed by atoms with Crippen LogP contribution in [0.4, 0.5) is 5.69 Å². The molecule has 2 aromatic heterocycles. The van der Waals surface area contributed by atoms with E-state index in [2.05, 4.69) is 9.97 Å². The molecule has 2 amide bonds. The van der Waals surface area contributed by atoms with Crippen molar-refractivity contribution in [3.63, 3.8) is 0 Å². The van der Waals surface area contributed by atoms with E-state index in [1.54, 1.807) is 36.4 Å². The molecule has 27 heavy (non-hydrogen) atoms. The van der Waals surface area contributed by atoms with Gasteiger partial charge in [-0.1, -0.05) is 24.3 Å². The summed E-state index contributed by atoms with van der Waals surface area (Å²) >= 11 is 0. The number of anilines is 1. The topological polar surface area (TPSA) is 67.6 Å². The van der Waals surface area contributed by atoms with Gasteiger partial charge in [0.25, 0.3) is 11.8 Å². The summed E-state index contributed by atoms with van der Waals surface area (Å²) in [5.74, 6) is 0.0425. The summed E-state index contributed by atoms with van der Waals surface area (Å²) in [6.45, 7) is 1.92. The monoisotopic (exact) mass is 354 g/mol. The van der Waals surface area contributed by atoms with E-state index in [9.17, 15) is 9.59 Å². The Balaban J connectivity index is 1.50. The second-order valence-electron chi connectivity index (χ2n) is 6.44. The molecule has 0 aliphatic carbocycles. The Morgan fingerprint density at radius 2 is 1.48 bits per heavy atom. The first kappa shape index (κ1) is 15.5. The Kier molecular flexibility index (Phi) is 3.21. The maximum Gasteiger partial charge on any atom is 0.266 e. The summed E-state index contributed by atoms with van der Waals surface area (Å²) < 4.78 is 1.86. The van der Waals surface area contributed by atoms with Gasteiger partial charge in [-0.3, -0.25) is 14.0 Å². The summed E-state index contributed by atoms with van der Waals surface area (Å²) in [5.41, 5.74) is 3.99. The van der Waals surface area contributed by atoms with Crippen LogP contribution in [0.15, 0.2) is 67.0 Å². The van der Waals surface area contributed by atoms with Crippen molar-refractivity contribution in [2.75, 3.05) is 4.90 Å². The fourth-order valence-corrected chi connectivity index (χ4v) is 3.30. The van der Waals surface area contributed by atoms with Crippen molar-refractivity contribution in [2.24, 2.45) is 0 Å². The number of hydrogen-bond donors (Lipinski definition) is 0. The summed E-state index contributed by atoms with van der Waals surface area (Å²) in [5, 5.41) is 0. The van der Waals surface area contributed by atoms with E-state index < -0.39 is 0 Å². The van der Waals surface area contributed by atoms with Crippen LogP contribution in [0, 0.1) is 6.92 Å². The van der Waals surface area contributed by atoms with E-state index in [0.717, 1.165) is 17.0 Å². The molecule has 0 unspecified atom stereocenters. The van der Waals surface area contributed by atoms with Gasteiger partial charge in [-0.2, -0.15) is 0 Å². The number of rotatable bonds is 2. The highest BCUT2D eigenvalue weighted by Crippen LogP contribution is 2.30. The number of hydrogen-bond acceptors (Lipinski definition) is 4. The number of imidazole rings is 1. The van der Waals surface area contributed by atoms with Crippen molar-refractivity contribution in [1.82, 2.24) is 14.4 Å². The van der Waals surface area contributed by atoms with Crippen molar-refractivity contribution in [3.8, 4) is 11.3 Å². The maximum atomic E-state index is 12.6. The van der Waals surface area contributed by atoms with Crippen molar-refractivity contribution < 1.29 is 9.59 Å². The Morgan fingerprint density at radius 1 is 0.815 bits per heavy atom. The SMILES string of the molecule is Cc1ccn2cc(-c3ccc(N4C(=O)c5ccccc5C4=O)cc3)nc2n1. The lowest BCUT2D eigenvalue weighted by Gasteiger charge is -2.14. The van der Waals surface area contributed by atoms with Crippen LogP contribution in [-0.2, 0) is 0 Å². The third kappa shape index (κ3) is 2.34. The minimum absolute atomic E-state index is 0.296. The van der Waals surface area contributed by atoms with Crippen molar-refractivity contribution in [1.29, 1.82) is 0 Å². The molecule has 1 aliphatic heterocycles. The lowest BCUT2D eigenvalue weighted by molar-refractivity contribution is 0.0926. The molecular weight excluding hydrogens is 340 g/mol. The molecule has 130 valence electrons. The predicted octanol–water partition coefficient (Wildman–Crippen LogP) is 3.51. The molecule has 3 heterocycles. The fraction of sp³-hybridized carbons (Fsp3) is 0.0476. The molecule has 0 bridgehead atoms. The fourth-order valence-electron chi connectivity index (χ4n) is 3.30. The molecule has 4 aromatic rings. The standard InChI is InChI=1S/C21H14N4O2/c1-13-10-11-24-12-18(23-21(24)22-13)14-6-8-15(9-7-14)25-19(26)16-4-2-3-5-17(16)20(25)27/h2-12H,1H3. The van der Waals surface area contributed by atoms with E-state index in [1.807, 2.05) is 41.9 Å². The smallest absolute Gasteiger partial charge is 0.266 e. The van der Waals surface area contributed by atoms with Gasteiger partial charge >= 0.3 is 0 Å². The van der Waals surface area contributed by atoms with Gasteiger partial charge in [-0.25, -0.2) is 14.9 Å². The van der Waals surface area contributed by atoms with Crippen LogP contribution in [0.2, 0.25) is 0 Å². The van der Waals surface area contributed by atoms with Crippen LogP contribution >= 0.6 is 0 Å². The number of aromatic nitrogens is 3. The third-order valence-electron chi connectivity index (χ3n) is 4.68. The van der Waals surface area contributed by atoms with E-state index in [1.165, 1.54) is 4.90 Å². The van der Waals surface area contributed by atoms with Crippen LogP contribution in [0.3, 0.4) is 0 Å². The van der Waals surface area contributed by atoms with Crippen molar-refractivity contribution in [3.05, 3.63) is 83.8 Å². The predicted molar refractivity (Wildman–Crippen MR) is 101 cm³/mol. The van der Waals surface area contributed by atoms with Crippen molar-refractivity contribution >= 4 is 23.3 Å². The highest BCUT2D eigenvalue weighted by atomic mass is 16.2. The largest absolute Gasteiger partial charge is 0.291 e. The van der Waals surface area contributed by atoms with E-state index in [-0.39, 0.29) is 11.8 Å². The molecule has 6 nitrogen and oxygen atoms in total. The van der Waals surface area contributed by atoms with E-state index in [4.69, 9.17) is 0 Å². The second-order valence-corrected chi connectivity index (χ2v) is 6.44. The zero-order valence-corrected chi connectivity index (χ0v) is 14.5. The highest BCUT2D eigenvalue weighted by molar-refractivity contribution is 6.34. The van der Waals surface area contributed by atoms with Crippen LogP contribution in [-0.4, -0.2) is 26.2 Å². The van der Waals surface area contributed by atoms with Crippen LogP contribution in [0.5, 0.6) is 0 Å². The number of amides is 2. The minimum atomic E-state index is -0.296. The first-order chi connectivity index (χ1) is 13.1. The van der Waals surface area contributed by atoms with Crippen LogP contribution < -0.4 is 4.90 Å². The van der Waals surface area contributed by atoms with E-state index in [0.29, 0.717) is 22.6 Å². The highest BCUT2D eigenvalue weighted by Gasteiger charge is 2.36. The molecule has 0 spiro atoms. The van der Waals surface area contributed by atoms with Gasteiger partial charge in [-0.15, -0.1) is 0 Å². The van der Waals surface area contributed by atoms with Gasteiger partial charge < -0.3 is 0 Å². The van der Waals surface area contributed by atoms with Crippen LogP contribution in [0.1, 0.15) is 26.4 Å². The molecule has 0 saturated heterocycles. The summed E-state index contributed by atoms with van der Waals surface area (Å²) in [6, 6.07) is 16.0. The molecule has 0 fully saturated rings. The summed E-state index contributed by atoms with van der Waals surface area (Å²) in [7, 11) is 0. The Hall–Kier alpha value is -3.80. The number of benzene rings is 2. The molecule has 0 N–H and O–H groups in total. The molecule has 0 atom stereocenters. The summed E-state index contributed by atoms with van der Waals surface area (Å²) in [6.07, 6.45) is 3.82. The number of fused-ring (bicyclic) bond motifs is 2.